The Morgan fingerprint density at radius 1 is 1.67 bits per heavy atom. The van der Waals surface area contributed by atoms with E-state index < -0.39 is 0 Å². The van der Waals surface area contributed by atoms with E-state index in [1.54, 1.807) is 0 Å². The van der Waals surface area contributed by atoms with Crippen LogP contribution in [0.4, 0.5) is 0 Å². The SMILES string of the molecule is CC(=O)CC(N)c1ccc(C)o1. The third-order valence-electron chi connectivity index (χ3n) is 1.63. The molecule has 0 saturated heterocycles. The van der Waals surface area contributed by atoms with Crippen molar-refractivity contribution in [1.82, 2.24) is 0 Å². The van der Waals surface area contributed by atoms with Crippen LogP contribution in [0.25, 0.3) is 0 Å². The second-order valence-corrected chi connectivity index (χ2v) is 2.96. The maximum atomic E-state index is 10.7. The van der Waals surface area contributed by atoms with Crippen molar-refractivity contribution in [3.05, 3.63) is 23.7 Å². The molecule has 0 spiro atoms. The Bertz CT molecular complexity index is 278. The lowest BCUT2D eigenvalue weighted by Gasteiger charge is -2.04. The molecule has 12 heavy (non-hydrogen) atoms. The van der Waals surface area contributed by atoms with Crippen LogP contribution in [0.3, 0.4) is 0 Å². The van der Waals surface area contributed by atoms with Crippen LogP contribution in [-0.2, 0) is 4.79 Å². The van der Waals surface area contributed by atoms with E-state index in [2.05, 4.69) is 0 Å². The van der Waals surface area contributed by atoms with Crippen molar-refractivity contribution < 1.29 is 9.21 Å². The molecule has 1 aromatic rings. The average molecular weight is 167 g/mol. The summed E-state index contributed by atoms with van der Waals surface area (Å²) in [7, 11) is 0. The Kier molecular flexibility index (Phi) is 2.65. The lowest BCUT2D eigenvalue weighted by Crippen LogP contribution is -2.12. The fraction of sp³-hybridized carbons (Fsp3) is 0.444. The number of aryl methyl sites for hydroxylation is 1. The smallest absolute Gasteiger partial charge is 0.131 e. The van der Waals surface area contributed by atoms with Crippen LogP contribution in [-0.4, -0.2) is 5.78 Å². The van der Waals surface area contributed by atoms with Gasteiger partial charge in [0.05, 0.1) is 6.04 Å². The zero-order chi connectivity index (χ0) is 9.14. The third kappa shape index (κ3) is 2.20. The molecule has 0 aliphatic carbocycles. The highest BCUT2D eigenvalue weighted by molar-refractivity contribution is 5.76. The molecule has 2 N–H and O–H groups in total. The lowest BCUT2D eigenvalue weighted by atomic mass is 10.1. The number of hydrogen-bond donors (Lipinski definition) is 1. The Balaban J connectivity index is 2.64. The van der Waals surface area contributed by atoms with Crippen LogP contribution in [0.5, 0.6) is 0 Å². The van der Waals surface area contributed by atoms with Gasteiger partial charge in [-0.3, -0.25) is 4.79 Å². The molecular weight excluding hydrogens is 154 g/mol. The molecule has 3 nitrogen and oxygen atoms in total. The summed E-state index contributed by atoms with van der Waals surface area (Å²) >= 11 is 0. The van der Waals surface area contributed by atoms with Gasteiger partial charge in [0.1, 0.15) is 17.3 Å². The molecule has 0 bridgehead atoms. The van der Waals surface area contributed by atoms with Gasteiger partial charge in [0.2, 0.25) is 0 Å². The number of nitrogens with two attached hydrogens (primary N) is 1. The van der Waals surface area contributed by atoms with Crippen molar-refractivity contribution in [2.45, 2.75) is 26.3 Å². The summed E-state index contributed by atoms with van der Waals surface area (Å²) in [5.41, 5.74) is 5.69. The highest BCUT2D eigenvalue weighted by Crippen LogP contribution is 2.16. The predicted molar refractivity (Wildman–Crippen MR) is 45.7 cm³/mol. The zero-order valence-electron chi connectivity index (χ0n) is 7.33. The summed E-state index contributed by atoms with van der Waals surface area (Å²) in [6.45, 7) is 3.37. The van der Waals surface area contributed by atoms with Crippen LogP contribution >= 0.6 is 0 Å². The predicted octanol–water partition coefficient (Wildman–Crippen LogP) is 1.57. The van der Waals surface area contributed by atoms with Gasteiger partial charge < -0.3 is 10.2 Å². The van der Waals surface area contributed by atoms with Crippen molar-refractivity contribution in [1.29, 1.82) is 0 Å². The summed E-state index contributed by atoms with van der Waals surface area (Å²) < 4.78 is 5.27. The van der Waals surface area contributed by atoms with Crippen molar-refractivity contribution in [2.75, 3.05) is 0 Å². The van der Waals surface area contributed by atoms with E-state index in [9.17, 15) is 4.79 Å². The molecule has 1 unspecified atom stereocenters. The van der Waals surface area contributed by atoms with Crippen LogP contribution in [0, 0.1) is 6.92 Å². The van der Waals surface area contributed by atoms with Gasteiger partial charge in [-0.15, -0.1) is 0 Å². The molecule has 66 valence electrons. The summed E-state index contributed by atoms with van der Waals surface area (Å²) in [4.78, 5) is 10.7. The quantitative estimate of drug-likeness (QED) is 0.743. The molecule has 1 heterocycles. The second-order valence-electron chi connectivity index (χ2n) is 2.96. The van der Waals surface area contributed by atoms with E-state index in [-0.39, 0.29) is 11.8 Å². The Hall–Kier alpha value is -1.09. The highest BCUT2D eigenvalue weighted by Gasteiger charge is 2.11. The number of furan rings is 1. The number of carbonyl (C=O) groups excluding carboxylic acids is 1. The number of Topliss-reactive ketones (excluding diaryl/α,β-unsaturated/α-hetero) is 1. The largest absolute Gasteiger partial charge is 0.465 e. The number of hydrogen-bond acceptors (Lipinski definition) is 3. The molecule has 0 aliphatic rings. The van der Waals surface area contributed by atoms with E-state index in [4.69, 9.17) is 10.2 Å². The van der Waals surface area contributed by atoms with E-state index in [1.165, 1.54) is 6.92 Å². The summed E-state index contributed by atoms with van der Waals surface area (Å²) in [6.07, 6.45) is 0.340. The lowest BCUT2D eigenvalue weighted by molar-refractivity contribution is -0.117. The van der Waals surface area contributed by atoms with Gasteiger partial charge in [-0.05, 0) is 26.0 Å². The summed E-state index contributed by atoms with van der Waals surface area (Å²) in [5.74, 6) is 1.59. The fourth-order valence-electron chi connectivity index (χ4n) is 1.06. The van der Waals surface area contributed by atoms with Crippen molar-refractivity contribution in [2.24, 2.45) is 5.73 Å². The van der Waals surface area contributed by atoms with E-state index >= 15 is 0 Å². The van der Waals surface area contributed by atoms with Gasteiger partial charge in [0, 0.05) is 6.42 Å². The molecule has 1 atom stereocenters. The standard InChI is InChI=1S/C9H13NO2/c1-6(11)5-8(10)9-4-3-7(2)12-9/h3-4,8H,5,10H2,1-2H3. The fourth-order valence-corrected chi connectivity index (χ4v) is 1.06. The van der Waals surface area contributed by atoms with Crippen LogP contribution < -0.4 is 5.73 Å². The molecular formula is C9H13NO2. The second kappa shape index (κ2) is 3.54. The Labute approximate surface area is 71.6 Å². The van der Waals surface area contributed by atoms with Gasteiger partial charge in [-0.1, -0.05) is 0 Å². The van der Waals surface area contributed by atoms with Gasteiger partial charge >= 0.3 is 0 Å². The number of carbonyl (C=O) groups is 1. The Morgan fingerprint density at radius 3 is 2.75 bits per heavy atom. The average Bonchev–Trinajstić information content (AvgIpc) is 2.34. The first kappa shape index (κ1) is 9.00. The molecule has 0 fully saturated rings. The van der Waals surface area contributed by atoms with E-state index in [0.29, 0.717) is 12.2 Å². The third-order valence-corrected chi connectivity index (χ3v) is 1.63. The molecule has 3 heteroatoms. The van der Waals surface area contributed by atoms with Gasteiger partial charge in [0.25, 0.3) is 0 Å². The first-order valence-electron chi connectivity index (χ1n) is 3.91. The topological polar surface area (TPSA) is 56.2 Å². The van der Waals surface area contributed by atoms with Crippen molar-refractivity contribution >= 4 is 5.78 Å². The van der Waals surface area contributed by atoms with E-state index in [0.717, 1.165) is 5.76 Å². The summed E-state index contributed by atoms with van der Waals surface area (Å²) in [6, 6.07) is 3.36. The first-order chi connectivity index (χ1) is 5.59. The molecule has 1 aromatic heterocycles. The highest BCUT2D eigenvalue weighted by atomic mass is 16.3. The van der Waals surface area contributed by atoms with Crippen molar-refractivity contribution in [3.8, 4) is 0 Å². The minimum absolute atomic E-state index is 0.0801. The summed E-state index contributed by atoms with van der Waals surface area (Å²) in [5, 5.41) is 0. The van der Waals surface area contributed by atoms with Crippen LogP contribution in [0.2, 0.25) is 0 Å². The van der Waals surface area contributed by atoms with Crippen LogP contribution in [0.1, 0.15) is 30.9 Å². The molecule has 0 aromatic carbocycles. The number of ketones is 1. The molecule has 0 aliphatic heterocycles. The first-order valence-corrected chi connectivity index (χ1v) is 3.91. The van der Waals surface area contributed by atoms with Gasteiger partial charge in [0.15, 0.2) is 0 Å². The maximum absolute atomic E-state index is 10.7. The molecule has 0 saturated carbocycles. The van der Waals surface area contributed by atoms with E-state index in [1.807, 2.05) is 19.1 Å². The minimum atomic E-state index is -0.295. The van der Waals surface area contributed by atoms with Gasteiger partial charge in [-0.2, -0.15) is 0 Å². The minimum Gasteiger partial charge on any atom is -0.465 e. The molecule has 0 amide bonds. The van der Waals surface area contributed by atoms with Gasteiger partial charge in [-0.25, -0.2) is 0 Å². The number of rotatable bonds is 3. The molecule has 1 rings (SSSR count). The van der Waals surface area contributed by atoms with Crippen molar-refractivity contribution in [3.63, 3.8) is 0 Å². The molecule has 0 radical (unpaired) electrons. The maximum Gasteiger partial charge on any atom is 0.131 e. The Morgan fingerprint density at radius 2 is 2.33 bits per heavy atom. The zero-order valence-corrected chi connectivity index (χ0v) is 7.33. The van der Waals surface area contributed by atoms with Crippen LogP contribution in [0.15, 0.2) is 16.5 Å². The normalized spacial score (nSPS) is 12.9. The monoisotopic (exact) mass is 167 g/mol.